The molecule has 0 spiro atoms. The summed E-state index contributed by atoms with van der Waals surface area (Å²) < 4.78 is 24.3. The number of sulfone groups is 1. The number of amides is 1. The Balaban J connectivity index is 1.88. The van der Waals surface area contributed by atoms with Crippen molar-refractivity contribution < 1.29 is 13.2 Å². The third-order valence-corrected chi connectivity index (χ3v) is 5.50. The lowest BCUT2D eigenvalue weighted by molar-refractivity contribution is -0.115. The number of nitrogens with zero attached hydrogens (tertiary/aromatic N) is 1. The zero-order valence-electron chi connectivity index (χ0n) is 14.1. The first-order valence-electron chi connectivity index (χ1n) is 7.95. The molecule has 2 aromatic rings. The van der Waals surface area contributed by atoms with Crippen LogP contribution in [0.5, 0.6) is 0 Å². The minimum atomic E-state index is -3.40. The number of hydrogen-bond donors (Lipinski definition) is 0. The molecule has 4 nitrogen and oxygen atoms in total. The zero-order chi connectivity index (χ0) is 17.6. The van der Waals surface area contributed by atoms with Crippen molar-refractivity contribution in [3.05, 3.63) is 65.7 Å². The number of carbonyl (C=O) groups excluding carboxylic acids is 1. The van der Waals surface area contributed by atoms with Gasteiger partial charge in [0.15, 0.2) is 9.84 Å². The largest absolute Gasteiger partial charge is 0.315 e. The standard InChI is InChI=1S/C19H23NO3S/c1-16-10-12-18(13-11-16)20(2)19(21)15-24(22,23)14-6-9-17-7-4-3-5-8-17/h3-5,7-8,10-13H,6,9,14-15H2,1-2H3. The number of rotatable bonds is 7. The fourth-order valence-electron chi connectivity index (χ4n) is 2.41. The molecule has 0 aliphatic carbocycles. The fourth-order valence-corrected chi connectivity index (χ4v) is 3.71. The van der Waals surface area contributed by atoms with Gasteiger partial charge in [-0.15, -0.1) is 0 Å². The highest BCUT2D eigenvalue weighted by molar-refractivity contribution is 7.92. The van der Waals surface area contributed by atoms with E-state index in [-0.39, 0.29) is 5.75 Å². The molecule has 5 heteroatoms. The first-order chi connectivity index (χ1) is 11.4. The van der Waals surface area contributed by atoms with Gasteiger partial charge >= 0.3 is 0 Å². The van der Waals surface area contributed by atoms with Crippen LogP contribution in [0.15, 0.2) is 54.6 Å². The number of benzene rings is 2. The first kappa shape index (κ1) is 18.2. The van der Waals surface area contributed by atoms with Crippen LogP contribution in [-0.4, -0.2) is 32.9 Å². The summed E-state index contributed by atoms with van der Waals surface area (Å²) in [5.74, 6) is -0.833. The first-order valence-corrected chi connectivity index (χ1v) is 9.77. The second-order valence-corrected chi connectivity index (χ2v) is 8.15. The monoisotopic (exact) mass is 345 g/mol. The van der Waals surface area contributed by atoms with Crippen molar-refractivity contribution in [3.8, 4) is 0 Å². The minimum Gasteiger partial charge on any atom is -0.315 e. The summed E-state index contributed by atoms with van der Waals surface area (Å²) in [5, 5.41) is 0. The number of aryl methyl sites for hydroxylation is 2. The van der Waals surface area contributed by atoms with E-state index in [4.69, 9.17) is 0 Å². The van der Waals surface area contributed by atoms with Crippen LogP contribution < -0.4 is 4.90 Å². The summed E-state index contributed by atoms with van der Waals surface area (Å²) in [6, 6.07) is 17.2. The summed E-state index contributed by atoms with van der Waals surface area (Å²) in [4.78, 5) is 13.6. The molecule has 0 saturated carbocycles. The van der Waals surface area contributed by atoms with E-state index in [0.717, 1.165) is 11.1 Å². The van der Waals surface area contributed by atoms with Gasteiger partial charge in [-0.2, -0.15) is 0 Å². The molecule has 0 unspecified atom stereocenters. The molecule has 0 aromatic heterocycles. The third-order valence-electron chi connectivity index (χ3n) is 3.90. The SMILES string of the molecule is Cc1ccc(N(C)C(=O)CS(=O)(=O)CCCc2ccccc2)cc1. The molecule has 0 bridgehead atoms. The average molecular weight is 345 g/mol. The van der Waals surface area contributed by atoms with E-state index in [9.17, 15) is 13.2 Å². The van der Waals surface area contributed by atoms with Crippen molar-refractivity contribution in [2.24, 2.45) is 0 Å². The van der Waals surface area contributed by atoms with E-state index in [1.807, 2.05) is 61.5 Å². The molecular weight excluding hydrogens is 322 g/mol. The minimum absolute atomic E-state index is 0.0232. The summed E-state index contributed by atoms with van der Waals surface area (Å²) in [6.45, 7) is 1.96. The van der Waals surface area contributed by atoms with Gasteiger partial charge in [-0.1, -0.05) is 48.0 Å². The van der Waals surface area contributed by atoms with Gasteiger partial charge in [0.25, 0.3) is 0 Å². The molecule has 128 valence electrons. The lowest BCUT2D eigenvalue weighted by Crippen LogP contribution is -2.33. The molecule has 0 heterocycles. The lowest BCUT2D eigenvalue weighted by Gasteiger charge is -2.17. The molecule has 2 aromatic carbocycles. The highest BCUT2D eigenvalue weighted by Crippen LogP contribution is 2.14. The Morgan fingerprint density at radius 3 is 2.25 bits per heavy atom. The van der Waals surface area contributed by atoms with Crippen LogP contribution in [0, 0.1) is 6.92 Å². The van der Waals surface area contributed by atoms with Crippen molar-refractivity contribution >= 4 is 21.4 Å². The lowest BCUT2D eigenvalue weighted by atomic mass is 10.1. The van der Waals surface area contributed by atoms with E-state index < -0.39 is 21.5 Å². The maximum absolute atomic E-state index is 12.2. The predicted octanol–water partition coefficient (Wildman–Crippen LogP) is 3.01. The molecule has 0 saturated heterocycles. The molecule has 2 rings (SSSR count). The second kappa shape index (κ2) is 8.11. The molecule has 0 N–H and O–H groups in total. The van der Waals surface area contributed by atoms with Crippen LogP contribution in [0.4, 0.5) is 5.69 Å². The van der Waals surface area contributed by atoms with Gasteiger partial charge in [0, 0.05) is 12.7 Å². The summed E-state index contributed by atoms with van der Waals surface area (Å²) in [6.07, 6.45) is 1.22. The summed E-state index contributed by atoms with van der Waals surface area (Å²) in [7, 11) is -1.80. The van der Waals surface area contributed by atoms with Gasteiger partial charge < -0.3 is 4.90 Å². The topological polar surface area (TPSA) is 54.5 Å². The molecule has 24 heavy (non-hydrogen) atoms. The van der Waals surface area contributed by atoms with E-state index in [1.54, 1.807) is 7.05 Å². The van der Waals surface area contributed by atoms with Gasteiger partial charge in [0.05, 0.1) is 5.75 Å². The van der Waals surface area contributed by atoms with Gasteiger partial charge in [-0.05, 0) is 37.5 Å². The Morgan fingerprint density at radius 2 is 1.62 bits per heavy atom. The predicted molar refractivity (Wildman–Crippen MR) is 98.0 cm³/mol. The Labute approximate surface area is 144 Å². The Bertz CT molecular complexity index is 768. The number of carbonyl (C=O) groups is 1. The molecule has 0 radical (unpaired) electrons. The zero-order valence-corrected chi connectivity index (χ0v) is 14.9. The molecule has 0 aliphatic rings. The van der Waals surface area contributed by atoms with Crippen molar-refractivity contribution in [3.63, 3.8) is 0 Å². The maximum atomic E-state index is 12.2. The van der Waals surface area contributed by atoms with E-state index in [0.29, 0.717) is 18.5 Å². The van der Waals surface area contributed by atoms with Crippen molar-refractivity contribution in [2.45, 2.75) is 19.8 Å². The van der Waals surface area contributed by atoms with Crippen molar-refractivity contribution in [2.75, 3.05) is 23.5 Å². The molecule has 0 fully saturated rings. The van der Waals surface area contributed by atoms with Gasteiger partial charge in [0.2, 0.25) is 5.91 Å². The fraction of sp³-hybridized carbons (Fsp3) is 0.316. The highest BCUT2D eigenvalue weighted by atomic mass is 32.2. The highest BCUT2D eigenvalue weighted by Gasteiger charge is 2.20. The third kappa shape index (κ3) is 5.49. The van der Waals surface area contributed by atoms with Crippen LogP contribution in [0.2, 0.25) is 0 Å². The normalized spacial score (nSPS) is 11.2. The van der Waals surface area contributed by atoms with Crippen LogP contribution >= 0.6 is 0 Å². The van der Waals surface area contributed by atoms with Crippen molar-refractivity contribution in [1.29, 1.82) is 0 Å². The van der Waals surface area contributed by atoms with E-state index in [1.165, 1.54) is 4.90 Å². The smallest absolute Gasteiger partial charge is 0.241 e. The molecule has 0 atom stereocenters. The Hall–Kier alpha value is -2.14. The Kier molecular flexibility index (Phi) is 6.15. The van der Waals surface area contributed by atoms with E-state index in [2.05, 4.69) is 0 Å². The van der Waals surface area contributed by atoms with E-state index >= 15 is 0 Å². The quantitative estimate of drug-likeness (QED) is 0.775. The van der Waals surface area contributed by atoms with Gasteiger partial charge in [0.1, 0.15) is 5.75 Å². The van der Waals surface area contributed by atoms with Gasteiger partial charge in [-0.3, -0.25) is 4.79 Å². The summed E-state index contributed by atoms with van der Waals surface area (Å²) in [5.41, 5.74) is 2.90. The molecular formula is C19H23NO3S. The second-order valence-electron chi connectivity index (χ2n) is 5.97. The molecule has 1 amide bonds. The van der Waals surface area contributed by atoms with Crippen LogP contribution in [0.25, 0.3) is 0 Å². The van der Waals surface area contributed by atoms with Crippen LogP contribution in [0.1, 0.15) is 17.5 Å². The maximum Gasteiger partial charge on any atom is 0.241 e. The van der Waals surface area contributed by atoms with Crippen LogP contribution in [-0.2, 0) is 21.1 Å². The van der Waals surface area contributed by atoms with Crippen molar-refractivity contribution in [1.82, 2.24) is 0 Å². The summed E-state index contributed by atoms with van der Waals surface area (Å²) >= 11 is 0. The number of anilines is 1. The number of hydrogen-bond acceptors (Lipinski definition) is 3. The van der Waals surface area contributed by atoms with Gasteiger partial charge in [-0.25, -0.2) is 8.42 Å². The van der Waals surface area contributed by atoms with Crippen LogP contribution in [0.3, 0.4) is 0 Å². The Morgan fingerprint density at radius 1 is 1.00 bits per heavy atom. The molecule has 0 aliphatic heterocycles. The average Bonchev–Trinajstić information content (AvgIpc) is 2.55.